The van der Waals surface area contributed by atoms with Crippen molar-refractivity contribution in [3.63, 3.8) is 0 Å². The van der Waals surface area contributed by atoms with Gasteiger partial charge in [-0.3, -0.25) is 0 Å². The molecule has 1 nitrogen and oxygen atoms in total. The number of hydrogen-bond donors (Lipinski definition) is 1. The van der Waals surface area contributed by atoms with E-state index in [2.05, 4.69) is 12.2 Å². The van der Waals surface area contributed by atoms with Gasteiger partial charge in [0.25, 0.3) is 0 Å². The average Bonchev–Trinajstić information content (AvgIpc) is 2.43. The maximum Gasteiger partial charge on any atom is -0.00462 e. The van der Waals surface area contributed by atoms with Crippen molar-refractivity contribution in [3.05, 3.63) is 0 Å². The molecule has 5 rings (SSSR count). The predicted molar refractivity (Wildman–Crippen MR) is 79.9 cm³/mol. The van der Waals surface area contributed by atoms with Crippen molar-refractivity contribution >= 4 is 0 Å². The quantitative estimate of drug-likeness (QED) is 0.807. The molecule has 1 atom stereocenters. The van der Waals surface area contributed by atoms with Crippen LogP contribution in [0.3, 0.4) is 0 Å². The highest BCUT2D eigenvalue weighted by Gasteiger charge is 2.48. The zero-order valence-electron chi connectivity index (χ0n) is 12.6. The fourth-order valence-corrected chi connectivity index (χ4v) is 6.46. The molecule has 0 aromatic carbocycles. The van der Waals surface area contributed by atoms with Gasteiger partial charge in [-0.2, -0.15) is 0 Å². The second-order valence-corrected chi connectivity index (χ2v) is 8.39. The minimum Gasteiger partial charge on any atom is -0.317 e. The van der Waals surface area contributed by atoms with Crippen molar-refractivity contribution in [3.8, 4) is 0 Å². The standard InChI is InChI=1S/C18H31N/c1-12(15-2-4-19-5-3-15)6-18-16-8-13-7-14(10-16)11-17(18)9-13/h12-19H,2-11H2,1H3. The monoisotopic (exact) mass is 261 g/mol. The third kappa shape index (κ3) is 2.37. The van der Waals surface area contributed by atoms with Crippen LogP contribution in [0.2, 0.25) is 0 Å². The molecule has 5 aliphatic rings. The first-order valence-electron chi connectivity index (χ1n) is 9.00. The summed E-state index contributed by atoms with van der Waals surface area (Å²) in [6, 6.07) is 0. The van der Waals surface area contributed by atoms with Gasteiger partial charge in [-0.1, -0.05) is 6.92 Å². The van der Waals surface area contributed by atoms with Crippen LogP contribution in [0.5, 0.6) is 0 Å². The summed E-state index contributed by atoms with van der Waals surface area (Å²) in [6.45, 7) is 5.12. The lowest BCUT2D eigenvalue weighted by atomic mass is 9.50. The Bertz CT molecular complexity index is 290. The Balaban J connectivity index is 1.39. The van der Waals surface area contributed by atoms with Crippen molar-refractivity contribution in [2.75, 3.05) is 13.1 Å². The number of nitrogens with one attached hydrogen (secondary N) is 1. The topological polar surface area (TPSA) is 12.0 Å². The maximum absolute atomic E-state index is 3.52. The van der Waals surface area contributed by atoms with Crippen LogP contribution >= 0.6 is 0 Å². The van der Waals surface area contributed by atoms with Gasteiger partial charge in [0.15, 0.2) is 0 Å². The van der Waals surface area contributed by atoms with E-state index < -0.39 is 0 Å². The molecule has 1 N–H and O–H groups in total. The minimum atomic E-state index is 0.990. The molecule has 5 fully saturated rings. The molecule has 0 radical (unpaired) electrons. The van der Waals surface area contributed by atoms with Crippen LogP contribution in [-0.4, -0.2) is 13.1 Å². The Morgan fingerprint density at radius 2 is 1.47 bits per heavy atom. The highest BCUT2D eigenvalue weighted by atomic mass is 14.9. The van der Waals surface area contributed by atoms with Gasteiger partial charge in [0, 0.05) is 0 Å². The van der Waals surface area contributed by atoms with E-state index in [1.54, 1.807) is 38.5 Å². The molecule has 1 unspecified atom stereocenters. The predicted octanol–water partition coefficient (Wildman–Crippen LogP) is 4.08. The lowest BCUT2D eigenvalue weighted by Crippen LogP contribution is -2.46. The lowest BCUT2D eigenvalue weighted by molar-refractivity contribution is -0.0484. The molecule has 4 aliphatic carbocycles. The zero-order valence-corrected chi connectivity index (χ0v) is 12.6. The second-order valence-electron chi connectivity index (χ2n) is 8.39. The van der Waals surface area contributed by atoms with Gasteiger partial charge in [0.1, 0.15) is 0 Å². The number of rotatable bonds is 3. The van der Waals surface area contributed by atoms with E-state index in [-0.39, 0.29) is 0 Å². The van der Waals surface area contributed by atoms with Crippen LogP contribution in [0.15, 0.2) is 0 Å². The Morgan fingerprint density at radius 1 is 0.895 bits per heavy atom. The van der Waals surface area contributed by atoms with E-state index in [0.29, 0.717) is 0 Å². The Hall–Kier alpha value is -0.0400. The van der Waals surface area contributed by atoms with E-state index >= 15 is 0 Å². The lowest BCUT2D eigenvalue weighted by Gasteiger charge is -2.55. The van der Waals surface area contributed by atoms with Crippen molar-refractivity contribution in [1.82, 2.24) is 5.32 Å². The van der Waals surface area contributed by atoms with Crippen molar-refractivity contribution in [1.29, 1.82) is 0 Å². The summed E-state index contributed by atoms with van der Waals surface area (Å²) >= 11 is 0. The third-order valence-corrected chi connectivity index (χ3v) is 7.25. The van der Waals surface area contributed by atoms with E-state index in [9.17, 15) is 0 Å². The van der Waals surface area contributed by atoms with Gasteiger partial charge >= 0.3 is 0 Å². The summed E-state index contributed by atoms with van der Waals surface area (Å²) in [4.78, 5) is 0. The summed E-state index contributed by atoms with van der Waals surface area (Å²) in [5.41, 5.74) is 0. The van der Waals surface area contributed by atoms with E-state index in [0.717, 1.165) is 41.4 Å². The Labute approximate surface area is 118 Å². The normalized spacial score (nSPS) is 47.5. The van der Waals surface area contributed by atoms with Crippen molar-refractivity contribution in [2.24, 2.45) is 41.4 Å². The van der Waals surface area contributed by atoms with Crippen molar-refractivity contribution in [2.45, 2.75) is 58.3 Å². The van der Waals surface area contributed by atoms with Crippen LogP contribution in [0.1, 0.15) is 58.3 Å². The molecule has 108 valence electrons. The molecule has 19 heavy (non-hydrogen) atoms. The maximum atomic E-state index is 3.52. The van der Waals surface area contributed by atoms with E-state index in [4.69, 9.17) is 0 Å². The molecule has 4 saturated carbocycles. The summed E-state index contributed by atoms with van der Waals surface area (Å²) in [7, 11) is 0. The highest BCUT2D eigenvalue weighted by Crippen LogP contribution is 2.58. The molecular formula is C18H31N. The SMILES string of the molecule is CC(CC1C2CC3CC(C2)CC1C3)C1CCNCC1. The molecule has 4 bridgehead atoms. The van der Waals surface area contributed by atoms with E-state index in [1.807, 2.05) is 0 Å². The van der Waals surface area contributed by atoms with Gasteiger partial charge < -0.3 is 5.32 Å². The summed E-state index contributed by atoms with van der Waals surface area (Å²) in [5.74, 6) is 7.71. The van der Waals surface area contributed by atoms with Gasteiger partial charge in [0.05, 0.1) is 0 Å². The third-order valence-electron chi connectivity index (χ3n) is 7.25. The molecular weight excluding hydrogens is 230 g/mol. The van der Waals surface area contributed by atoms with Crippen LogP contribution < -0.4 is 5.32 Å². The average molecular weight is 261 g/mol. The molecule has 1 aliphatic heterocycles. The molecule has 1 heterocycles. The first-order chi connectivity index (χ1) is 9.29. The summed E-state index contributed by atoms with van der Waals surface area (Å²) in [5, 5.41) is 3.52. The molecule has 0 aromatic heterocycles. The van der Waals surface area contributed by atoms with Gasteiger partial charge in [-0.25, -0.2) is 0 Å². The first-order valence-corrected chi connectivity index (χ1v) is 9.00. The van der Waals surface area contributed by atoms with Gasteiger partial charge in [-0.05, 0) is 106 Å². The highest BCUT2D eigenvalue weighted by molar-refractivity contribution is 4.98. The molecule has 1 heteroatoms. The second kappa shape index (κ2) is 5.06. The molecule has 0 spiro atoms. The zero-order chi connectivity index (χ0) is 12.8. The summed E-state index contributed by atoms with van der Waals surface area (Å²) in [6.07, 6.45) is 12.5. The van der Waals surface area contributed by atoms with Crippen LogP contribution in [-0.2, 0) is 0 Å². The van der Waals surface area contributed by atoms with Crippen LogP contribution in [0.25, 0.3) is 0 Å². The Morgan fingerprint density at radius 3 is 2.05 bits per heavy atom. The van der Waals surface area contributed by atoms with Gasteiger partial charge in [0.2, 0.25) is 0 Å². The smallest absolute Gasteiger partial charge is 0.00462 e. The fraction of sp³-hybridized carbons (Fsp3) is 1.00. The number of piperidine rings is 1. The molecule has 0 aromatic rings. The Kier molecular flexibility index (Phi) is 3.38. The number of hydrogen-bond acceptors (Lipinski definition) is 1. The van der Waals surface area contributed by atoms with E-state index in [1.165, 1.54) is 25.9 Å². The van der Waals surface area contributed by atoms with Crippen molar-refractivity contribution < 1.29 is 0 Å². The minimum absolute atomic E-state index is 0.990. The van der Waals surface area contributed by atoms with Crippen LogP contribution in [0, 0.1) is 41.4 Å². The molecule has 0 amide bonds. The fourth-order valence-electron chi connectivity index (χ4n) is 6.46. The largest absolute Gasteiger partial charge is 0.317 e. The van der Waals surface area contributed by atoms with Crippen LogP contribution in [0.4, 0.5) is 0 Å². The summed E-state index contributed by atoms with van der Waals surface area (Å²) < 4.78 is 0. The first kappa shape index (κ1) is 12.7. The molecule has 1 saturated heterocycles. The van der Waals surface area contributed by atoms with Gasteiger partial charge in [-0.15, -0.1) is 0 Å².